The number of aliphatic hydroxyl groups is 1. The van der Waals surface area contributed by atoms with E-state index >= 15 is 0 Å². The minimum Gasteiger partial charge on any atom is -0.396 e. The highest BCUT2D eigenvalue weighted by molar-refractivity contribution is 5.74. The summed E-state index contributed by atoms with van der Waals surface area (Å²) in [7, 11) is 0. The Morgan fingerprint density at radius 3 is 2.32 bits per heavy atom. The predicted octanol–water partition coefficient (Wildman–Crippen LogP) is 3.06. The van der Waals surface area contributed by atoms with Crippen molar-refractivity contribution in [1.29, 1.82) is 0 Å². The normalized spacial score (nSPS) is 13.5. The molecule has 0 aliphatic heterocycles. The van der Waals surface area contributed by atoms with Crippen LogP contribution in [0.3, 0.4) is 0 Å². The van der Waals surface area contributed by atoms with Crippen LogP contribution in [0, 0.1) is 5.41 Å². The van der Waals surface area contributed by atoms with E-state index in [2.05, 4.69) is 36.6 Å². The van der Waals surface area contributed by atoms with Gasteiger partial charge in [0.1, 0.15) is 0 Å². The summed E-state index contributed by atoms with van der Waals surface area (Å²) >= 11 is 0. The molecule has 0 radical (unpaired) electrons. The van der Waals surface area contributed by atoms with Crippen LogP contribution in [0.15, 0.2) is 30.3 Å². The van der Waals surface area contributed by atoms with Crippen LogP contribution < -0.4 is 10.6 Å². The highest BCUT2D eigenvalue weighted by Crippen LogP contribution is 2.26. The molecular weight excluding hydrogens is 276 g/mol. The molecule has 0 spiro atoms. The number of hydrogen-bond donors (Lipinski definition) is 3. The van der Waals surface area contributed by atoms with Crippen molar-refractivity contribution >= 4 is 6.03 Å². The fourth-order valence-electron chi connectivity index (χ4n) is 2.26. The fourth-order valence-corrected chi connectivity index (χ4v) is 2.26. The third-order valence-corrected chi connectivity index (χ3v) is 4.46. The Kier molecular flexibility index (Phi) is 6.42. The highest BCUT2D eigenvalue weighted by Gasteiger charge is 2.29. The Morgan fingerprint density at radius 2 is 1.77 bits per heavy atom. The van der Waals surface area contributed by atoms with E-state index in [0.29, 0.717) is 13.0 Å². The van der Waals surface area contributed by atoms with Crippen LogP contribution in [0.2, 0.25) is 0 Å². The number of carbonyl (C=O) groups is 1. The zero-order valence-electron chi connectivity index (χ0n) is 14.4. The minimum atomic E-state index is -0.164. The van der Waals surface area contributed by atoms with Gasteiger partial charge in [-0.1, -0.05) is 58.0 Å². The molecule has 0 aliphatic carbocycles. The van der Waals surface area contributed by atoms with Gasteiger partial charge in [0.05, 0.1) is 0 Å². The maximum Gasteiger partial charge on any atom is 0.315 e. The van der Waals surface area contributed by atoms with Crippen LogP contribution in [-0.4, -0.2) is 30.3 Å². The van der Waals surface area contributed by atoms with E-state index in [0.717, 1.165) is 0 Å². The maximum atomic E-state index is 12.1. The molecule has 124 valence electrons. The standard InChI is InChI=1S/C18H30N2O2/c1-14(18(4,5)15-9-7-6-8-10-15)20-16(22)19-13-17(2,3)11-12-21/h6-10,14,21H,11-13H2,1-5H3,(H2,19,20,22). The van der Waals surface area contributed by atoms with E-state index in [4.69, 9.17) is 5.11 Å². The topological polar surface area (TPSA) is 61.4 Å². The number of rotatable bonds is 7. The van der Waals surface area contributed by atoms with Gasteiger partial charge in [-0.05, 0) is 24.3 Å². The third-order valence-electron chi connectivity index (χ3n) is 4.46. The summed E-state index contributed by atoms with van der Waals surface area (Å²) in [6, 6.07) is 10.0. The first-order chi connectivity index (χ1) is 10.2. The lowest BCUT2D eigenvalue weighted by molar-refractivity contribution is 0.198. The van der Waals surface area contributed by atoms with Crippen molar-refractivity contribution < 1.29 is 9.90 Å². The van der Waals surface area contributed by atoms with Gasteiger partial charge >= 0.3 is 6.03 Å². The summed E-state index contributed by atoms with van der Waals surface area (Å²) in [4.78, 5) is 12.1. The van der Waals surface area contributed by atoms with Crippen molar-refractivity contribution in [2.45, 2.75) is 52.5 Å². The number of carbonyl (C=O) groups excluding carboxylic acids is 1. The van der Waals surface area contributed by atoms with Crippen molar-refractivity contribution in [3.05, 3.63) is 35.9 Å². The molecule has 0 aromatic heterocycles. The summed E-state index contributed by atoms with van der Waals surface area (Å²) < 4.78 is 0. The molecule has 1 aromatic rings. The van der Waals surface area contributed by atoms with E-state index < -0.39 is 0 Å². The van der Waals surface area contributed by atoms with Crippen molar-refractivity contribution in [3.8, 4) is 0 Å². The van der Waals surface area contributed by atoms with Crippen LogP contribution in [0.1, 0.15) is 46.6 Å². The quantitative estimate of drug-likeness (QED) is 0.725. The van der Waals surface area contributed by atoms with Crippen LogP contribution in [0.25, 0.3) is 0 Å². The van der Waals surface area contributed by atoms with Crippen LogP contribution >= 0.6 is 0 Å². The zero-order valence-corrected chi connectivity index (χ0v) is 14.4. The van der Waals surface area contributed by atoms with Gasteiger partial charge in [0, 0.05) is 24.6 Å². The molecule has 0 fully saturated rings. The second-order valence-electron chi connectivity index (χ2n) is 7.27. The lowest BCUT2D eigenvalue weighted by atomic mass is 9.78. The van der Waals surface area contributed by atoms with Gasteiger partial charge in [0.25, 0.3) is 0 Å². The number of nitrogens with one attached hydrogen (secondary N) is 2. The molecule has 0 saturated carbocycles. The second-order valence-corrected chi connectivity index (χ2v) is 7.27. The number of hydrogen-bond acceptors (Lipinski definition) is 2. The van der Waals surface area contributed by atoms with Gasteiger partial charge in [-0.2, -0.15) is 0 Å². The van der Waals surface area contributed by atoms with Gasteiger partial charge in [-0.15, -0.1) is 0 Å². The second kappa shape index (κ2) is 7.63. The van der Waals surface area contributed by atoms with Crippen LogP contribution in [0.5, 0.6) is 0 Å². The van der Waals surface area contributed by atoms with Gasteiger partial charge < -0.3 is 15.7 Å². The van der Waals surface area contributed by atoms with Gasteiger partial charge in [0.15, 0.2) is 0 Å². The smallest absolute Gasteiger partial charge is 0.315 e. The average Bonchev–Trinajstić information content (AvgIpc) is 2.46. The number of amides is 2. The Morgan fingerprint density at radius 1 is 1.18 bits per heavy atom. The number of aliphatic hydroxyl groups excluding tert-OH is 1. The Balaban J connectivity index is 2.57. The van der Waals surface area contributed by atoms with E-state index in [1.807, 2.05) is 39.0 Å². The van der Waals surface area contributed by atoms with Crippen molar-refractivity contribution in [1.82, 2.24) is 10.6 Å². The van der Waals surface area contributed by atoms with E-state index in [9.17, 15) is 4.79 Å². The first kappa shape index (κ1) is 18.5. The summed E-state index contributed by atoms with van der Waals surface area (Å²) in [5, 5.41) is 14.9. The molecule has 3 N–H and O–H groups in total. The van der Waals surface area contributed by atoms with Crippen molar-refractivity contribution in [3.63, 3.8) is 0 Å². The summed E-state index contributed by atoms with van der Waals surface area (Å²) in [6.45, 7) is 11.0. The summed E-state index contributed by atoms with van der Waals surface area (Å²) in [6.07, 6.45) is 0.665. The molecule has 4 nitrogen and oxygen atoms in total. The molecule has 0 aliphatic rings. The van der Waals surface area contributed by atoms with Crippen LogP contribution in [-0.2, 0) is 5.41 Å². The zero-order chi connectivity index (χ0) is 16.8. The molecule has 4 heteroatoms. The molecule has 2 amide bonds. The largest absolute Gasteiger partial charge is 0.396 e. The first-order valence-electron chi connectivity index (χ1n) is 7.90. The first-order valence-corrected chi connectivity index (χ1v) is 7.90. The molecule has 0 bridgehead atoms. The maximum absolute atomic E-state index is 12.1. The molecule has 0 heterocycles. The van der Waals surface area contributed by atoms with Crippen LogP contribution in [0.4, 0.5) is 4.79 Å². The average molecular weight is 306 g/mol. The lowest BCUT2D eigenvalue weighted by Crippen LogP contribution is -2.50. The summed E-state index contributed by atoms with van der Waals surface area (Å²) in [5.41, 5.74) is 0.937. The Hall–Kier alpha value is -1.55. The summed E-state index contributed by atoms with van der Waals surface area (Å²) in [5.74, 6) is 0. The van der Waals surface area contributed by atoms with E-state index in [1.165, 1.54) is 5.56 Å². The Bertz CT molecular complexity index is 469. The molecule has 1 atom stereocenters. The minimum absolute atomic E-state index is 0.00384. The van der Waals surface area contributed by atoms with Crippen molar-refractivity contribution in [2.75, 3.05) is 13.2 Å². The van der Waals surface area contributed by atoms with Crippen molar-refractivity contribution in [2.24, 2.45) is 5.41 Å². The predicted molar refractivity (Wildman–Crippen MR) is 90.9 cm³/mol. The van der Waals surface area contributed by atoms with E-state index in [-0.39, 0.29) is 29.5 Å². The Labute approximate surface area is 134 Å². The molecule has 1 aromatic carbocycles. The third kappa shape index (κ3) is 5.34. The highest BCUT2D eigenvalue weighted by atomic mass is 16.3. The SMILES string of the molecule is CC(NC(=O)NCC(C)(C)CCO)C(C)(C)c1ccccc1. The van der Waals surface area contributed by atoms with E-state index in [1.54, 1.807) is 0 Å². The molecule has 1 rings (SSSR count). The lowest BCUT2D eigenvalue weighted by Gasteiger charge is -2.33. The monoisotopic (exact) mass is 306 g/mol. The van der Waals surface area contributed by atoms with Gasteiger partial charge in [0.2, 0.25) is 0 Å². The fraction of sp³-hybridized carbons (Fsp3) is 0.611. The van der Waals surface area contributed by atoms with Gasteiger partial charge in [-0.3, -0.25) is 0 Å². The number of urea groups is 1. The molecule has 22 heavy (non-hydrogen) atoms. The molecule has 1 unspecified atom stereocenters. The number of benzene rings is 1. The van der Waals surface area contributed by atoms with Gasteiger partial charge in [-0.25, -0.2) is 4.79 Å². The molecule has 0 saturated heterocycles. The molecular formula is C18H30N2O2.